The van der Waals surface area contributed by atoms with Gasteiger partial charge in [0.25, 0.3) is 0 Å². The van der Waals surface area contributed by atoms with Gasteiger partial charge in [0.05, 0.1) is 5.69 Å². The van der Waals surface area contributed by atoms with Crippen LogP contribution in [0.2, 0.25) is 5.15 Å². The van der Waals surface area contributed by atoms with E-state index in [4.69, 9.17) is 11.6 Å². The van der Waals surface area contributed by atoms with E-state index in [2.05, 4.69) is 21.3 Å². The van der Waals surface area contributed by atoms with Gasteiger partial charge in [-0.2, -0.15) is 0 Å². The highest BCUT2D eigenvalue weighted by Gasteiger charge is 2.33. The molecule has 0 radical (unpaired) electrons. The molecular formula is C13H18ClN3. The van der Waals surface area contributed by atoms with Crippen LogP contribution < -0.4 is 5.32 Å². The number of hydrogen-bond donors (Lipinski definition) is 1. The van der Waals surface area contributed by atoms with E-state index in [1.165, 1.54) is 25.9 Å². The van der Waals surface area contributed by atoms with Crippen molar-refractivity contribution in [2.75, 3.05) is 19.6 Å². The molecule has 0 aromatic carbocycles. The molecule has 2 saturated heterocycles. The Hall–Kier alpha value is -0.640. The van der Waals surface area contributed by atoms with Crippen molar-refractivity contribution in [2.45, 2.75) is 25.4 Å². The summed E-state index contributed by atoms with van der Waals surface area (Å²) < 4.78 is 0. The highest BCUT2D eigenvalue weighted by atomic mass is 35.5. The first-order valence-electron chi connectivity index (χ1n) is 6.38. The monoisotopic (exact) mass is 251 g/mol. The normalized spacial score (nSPS) is 29.2. The highest BCUT2D eigenvalue weighted by molar-refractivity contribution is 6.29. The second kappa shape index (κ2) is 4.92. The van der Waals surface area contributed by atoms with E-state index in [1.54, 1.807) is 0 Å². The summed E-state index contributed by atoms with van der Waals surface area (Å²) in [6.07, 6.45) is 2.70. The minimum atomic E-state index is 0.595. The van der Waals surface area contributed by atoms with Gasteiger partial charge in [-0.15, -0.1) is 0 Å². The number of fused-ring (bicyclic) bond motifs is 1. The fourth-order valence-electron chi connectivity index (χ4n) is 3.03. The third-order valence-corrected chi connectivity index (χ3v) is 4.04. The number of piperidine rings is 1. The Morgan fingerprint density at radius 3 is 3.18 bits per heavy atom. The number of rotatable bonds is 2. The molecule has 0 spiro atoms. The Labute approximate surface area is 107 Å². The van der Waals surface area contributed by atoms with Crippen molar-refractivity contribution >= 4 is 11.6 Å². The number of nitrogens with one attached hydrogen (secondary N) is 1. The number of aromatic nitrogens is 1. The topological polar surface area (TPSA) is 28.2 Å². The molecular weight excluding hydrogens is 234 g/mol. The molecule has 3 heterocycles. The SMILES string of the molecule is Clc1cccc(CN2C[C@@H]3CCCN[C@@H]3C2)n1. The lowest BCUT2D eigenvalue weighted by atomic mass is 9.94. The van der Waals surface area contributed by atoms with Crippen LogP contribution in [0, 0.1) is 5.92 Å². The second-order valence-electron chi connectivity index (χ2n) is 5.11. The van der Waals surface area contributed by atoms with Gasteiger partial charge in [0.2, 0.25) is 0 Å². The predicted octanol–water partition coefficient (Wildman–Crippen LogP) is 1.92. The van der Waals surface area contributed by atoms with Crippen molar-refractivity contribution in [1.82, 2.24) is 15.2 Å². The van der Waals surface area contributed by atoms with Crippen LogP contribution in [-0.2, 0) is 6.54 Å². The maximum absolute atomic E-state index is 5.91. The lowest BCUT2D eigenvalue weighted by molar-refractivity contribution is 0.309. The second-order valence-corrected chi connectivity index (χ2v) is 5.50. The lowest BCUT2D eigenvalue weighted by Gasteiger charge is -2.24. The molecule has 0 bridgehead atoms. The smallest absolute Gasteiger partial charge is 0.129 e. The van der Waals surface area contributed by atoms with Gasteiger partial charge in [0, 0.05) is 25.7 Å². The van der Waals surface area contributed by atoms with Crippen LogP contribution in [0.3, 0.4) is 0 Å². The first kappa shape index (κ1) is 11.5. The van der Waals surface area contributed by atoms with Gasteiger partial charge in [-0.1, -0.05) is 17.7 Å². The molecule has 0 amide bonds. The van der Waals surface area contributed by atoms with Crippen LogP contribution in [0.4, 0.5) is 0 Å². The number of halogens is 1. The van der Waals surface area contributed by atoms with E-state index < -0.39 is 0 Å². The summed E-state index contributed by atoms with van der Waals surface area (Å²) >= 11 is 5.91. The molecule has 0 aliphatic carbocycles. The molecule has 4 heteroatoms. The van der Waals surface area contributed by atoms with Gasteiger partial charge in [-0.25, -0.2) is 4.98 Å². The van der Waals surface area contributed by atoms with Gasteiger partial charge < -0.3 is 5.32 Å². The first-order valence-corrected chi connectivity index (χ1v) is 6.76. The maximum atomic E-state index is 5.91. The Balaban J connectivity index is 1.63. The van der Waals surface area contributed by atoms with E-state index >= 15 is 0 Å². The van der Waals surface area contributed by atoms with E-state index in [0.717, 1.165) is 24.7 Å². The van der Waals surface area contributed by atoms with E-state index in [-0.39, 0.29) is 0 Å². The van der Waals surface area contributed by atoms with E-state index in [9.17, 15) is 0 Å². The summed E-state index contributed by atoms with van der Waals surface area (Å²) in [5.74, 6) is 0.836. The minimum Gasteiger partial charge on any atom is -0.312 e. The van der Waals surface area contributed by atoms with Crippen LogP contribution in [0.15, 0.2) is 18.2 Å². The fourth-order valence-corrected chi connectivity index (χ4v) is 3.21. The molecule has 0 saturated carbocycles. The van der Waals surface area contributed by atoms with Crippen LogP contribution in [0.25, 0.3) is 0 Å². The quantitative estimate of drug-likeness (QED) is 0.814. The van der Waals surface area contributed by atoms with Gasteiger partial charge in [0.15, 0.2) is 0 Å². The zero-order valence-corrected chi connectivity index (χ0v) is 10.7. The molecule has 3 nitrogen and oxygen atoms in total. The van der Waals surface area contributed by atoms with E-state index in [1.807, 2.05) is 12.1 Å². The predicted molar refractivity (Wildman–Crippen MR) is 69.0 cm³/mol. The number of pyridine rings is 1. The minimum absolute atomic E-state index is 0.595. The Morgan fingerprint density at radius 1 is 1.41 bits per heavy atom. The van der Waals surface area contributed by atoms with Gasteiger partial charge >= 0.3 is 0 Å². The van der Waals surface area contributed by atoms with Gasteiger partial charge in [-0.3, -0.25) is 4.90 Å². The summed E-state index contributed by atoms with van der Waals surface area (Å²) in [7, 11) is 0. The average Bonchev–Trinajstić information content (AvgIpc) is 2.71. The molecule has 2 fully saturated rings. The number of nitrogens with zero attached hydrogens (tertiary/aromatic N) is 2. The molecule has 2 aliphatic rings. The van der Waals surface area contributed by atoms with Crippen molar-refractivity contribution in [3.63, 3.8) is 0 Å². The zero-order valence-electron chi connectivity index (χ0n) is 9.90. The maximum Gasteiger partial charge on any atom is 0.129 e. The summed E-state index contributed by atoms with van der Waals surface area (Å²) in [5, 5.41) is 4.21. The van der Waals surface area contributed by atoms with Gasteiger partial charge in [0.1, 0.15) is 5.15 Å². The third kappa shape index (κ3) is 2.62. The molecule has 17 heavy (non-hydrogen) atoms. The molecule has 3 rings (SSSR count). The Bertz CT molecular complexity index is 382. The molecule has 92 valence electrons. The average molecular weight is 252 g/mol. The third-order valence-electron chi connectivity index (χ3n) is 3.83. The standard InChI is InChI=1S/C13H18ClN3/c14-13-5-1-4-11(16-13)8-17-7-10-3-2-6-15-12(10)9-17/h1,4-5,10,12,15H,2-3,6-9H2/t10-,12+/m0/s1. The van der Waals surface area contributed by atoms with Crippen molar-refractivity contribution in [2.24, 2.45) is 5.92 Å². The lowest BCUT2D eigenvalue weighted by Crippen LogP contribution is -2.40. The van der Waals surface area contributed by atoms with Crippen molar-refractivity contribution in [1.29, 1.82) is 0 Å². The molecule has 1 aromatic heterocycles. The summed E-state index contributed by atoms with van der Waals surface area (Å²) in [6.45, 7) is 4.46. The first-order chi connectivity index (χ1) is 8.31. The molecule has 1 aromatic rings. The largest absolute Gasteiger partial charge is 0.312 e. The van der Waals surface area contributed by atoms with Crippen LogP contribution in [0.1, 0.15) is 18.5 Å². The summed E-state index contributed by atoms with van der Waals surface area (Å²) in [5.41, 5.74) is 1.08. The van der Waals surface area contributed by atoms with Crippen molar-refractivity contribution in [3.8, 4) is 0 Å². The molecule has 2 aliphatic heterocycles. The number of hydrogen-bond acceptors (Lipinski definition) is 3. The Morgan fingerprint density at radius 2 is 2.35 bits per heavy atom. The molecule has 1 N–H and O–H groups in total. The fraction of sp³-hybridized carbons (Fsp3) is 0.615. The number of likely N-dealkylation sites (tertiary alicyclic amines) is 1. The van der Waals surface area contributed by atoms with Crippen molar-refractivity contribution in [3.05, 3.63) is 29.0 Å². The zero-order chi connectivity index (χ0) is 11.7. The molecule has 0 unspecified atom stereocenters. The van der Waals surface area contributed by atoms with E-state index in [0.29, 0.717) is 11.2 Å². The summed E-state index contributed by atoms with van der Waals surface area (Å²) in [6, 6.07) is 6.56. The van der Waals surface area contributed by atoms with Crippen LogP contribution in [-0.4, -0.2) is 35.6 Å². The summed E-state index contributed by atoms with van der Waals surface area (Å²) in [4.78, 5) is 6.85. The molecule has 2 atom stereocenters. The Kier molecular flexibility index (Phi) is 3.32. The van der Waals surface area contributed by atoms with Crippen molar-refractivity contribution < 1.29 is 0 Å². The van der Waals surface area contributed by atoms with Crippen LogP contribution >= 0.6 is 11.6 Å². The van der Waals surface area contributed by atoms with Crippen LogP contribution in [0.5, 0.6) is 0 Å². The van der Waals surface area contributed by atoms with Gasteiger partial charge in [-0.05, 0) is 37.4 Å². The highest BCUT2D eigenvalue weighted by Crippen LogP contribution is 2.25.